The number of hydrogen-bond donors (Lipinski definition) is 2. The molecular formula is C16H14O3. The molecule has 2 aromatic rings. The first-order valence-electron chi connectivity index (χ1n) is 6.42. The average Bonchev–Trinajstić information content (AvgIpc) is 2.38. The molecule has 2 atom stereocenters. The van der Waals surface area contributed by atoms with Gasteiger partial charge in [-0.15, -0.1) is 0 Å². The Morgan fingerprint density at radius 2 is 1.16 bits per heavy atom. The largest absolute Gasteiger partial charge is 0.361 e. The van der Waals surface area contributed by atoms with E-state index in [2.05, 4.69) is 0 Å². The van der Waals surface area contributed by atoms with Gasteiger partial charge >= 0.3 is 0 Å². The molecule has 0 unspecified atom stereocenters. The van der Waals surface area contributed by atoms with Gasteiger partial charge in [0.2, 0.25) is 0 Å². The Balaban J connectivity index is 1.98. The van der Waals surface area contributed by atoms with E-state index in [4.69, 9.17) is 4.74 Å². The Morgan fingerprint density at radius 1 is 0.737 bits per heavy atom. The lowest BCUT2D eigenvalue weighted by Crippen LogP contribution is -2.52. The Bertz CT molecular complexity index is 609. The van der Waals surface area contributed by atoms with Crippen LogP contribution in [0, 0.1) is 0 Å². The van der Waals surface area contributed by atoms with E-state index in [9.17, 15) is 10.2 Å². The van der Waals surface area contributed by atoms with Crippen molar-refractivity contribution in [2.24, 2.45) is 0 Å². The van der Waals surface area contributed by atoms with Crippen molar-refractivity contribution in [2.45, 2.75) is 24.4 Å². The third-order valence-electron chi connectivity index (χ3n) is 4.07. The zero-order valence-electron chi connectivity index (χ0n) is 10.3. The molecule has 2 heterocycles. The topological polar surface area (TPSA) is 49.7 Å². The molecular weight excluding hydrogens is 240 g/mol. The highest BCUT2D eigenvalue weighted by molar-refractivity contribution is 5.43. The molecule has 0 saturated heterocycles. The SMILES string of the molecule is O[C@@]12Cc3ccccc3[C@](O)(Cc3ccccc31)O2. The Morgan fingerprint density at radius 3 is 1.63 bits per heavy atom. The van der Waals surface area contributed by atoms with Crippen LogP contribution in [0.3, 0.4) is 0 Å². The Labute approximate surface area is 111 Å². The molecule has 96 valence electrons. The third kappa shape index (κ3) is 1.43. The molecule has 0 saturated carbocycles. The van der Waals surface area contributed by atoms with E-state index in [1.807, 2.05) is 48.5 Å². The normalized spacial score (nSPS) is 31.5. The standard InChI is InChI=1S/C16H14O3/c17-15-9-11-5-1-3-7-13(11)16(18,19-15)10-12-6-2-4-8-14(12)15/h1-8,17-18H,9-10H2/t15-,16+. The number of aliphatic hydroxyl groups is 2. The monoisotopic (exact) mass is 254 g/mol. The van der Waals surface area contributed by atoms with Crippen molar-refractivity contribution in [1.29, 1.82) is 0 Å². The van der Waals surface area contributed by atoms with Crippen molar-refractivity contribution in [3.05, 3.63) is 70.8 Å². The van der Waals surface area contributed by atoms with Gasteiger partial charge in [0, 0.05) is 24.0 Å². The summed E-state index contributed by atoms with van der Waals surface area (Å²) in [6, 6.07) is 15.2. The van der Waals surface area contributed by atoms with Gasteiger partial charge in [-0.05, 0) is 11.1 Å². The van der Waals surface area contributed by atoms with Gasteiger partial charge in [-0.3, -0.25) is 0 Å². The Kier molecular flexibility index (Phi) is 2.03. The van der Waals surface area contributed by atoms with Crippen LogP contribution < -0.4 is 0 Å². The molecule has 0 aromatic heterocycles. The second-order valence-electron chi connectivity index (χ2n) is 5.34. The third-order valence-corrected chi connectivity index (χ3v) is 4.07. The van der Waals surface area contributed by atoms with E-state index in [0.29, 0.717) is 12.8 Å². The van der Waals surface area contributed by atoms with Crippen LogP contribution in [-0.2, 0) is 29.2 Å². The van der Waals surface area contributed by atoms with Crippen LogP contribution in [0.15, 0.2) is 48.5 Å². The van der Waals surface area contributed by atoms with Crippen LogP contribution in [0.5, 0.6) is 0 Å². The number of rotatable bonds is 0. The van der Waals surface area contributed by atoms with E-state index < -0.39 is 11.6 Å². The van der Waals surface area contributed by atoms with Crippen molar-refractivity contribution in [2.75, 3.05) is 0 Å². The van der Waals surface area contributed by atoms with Crippen molar-refractivity contribution in [1.82, 2.24) is 0 Å². The van der Waals surface area contributed by atoms with Crippen LogP contribution in [0.25, 0.3) is 0 Å². The summed E-state index contributed by atoms with van der Waals surface area (Å²) in [5.41, 5.74) is 3.39. The lowest BCUT2D eigenvalue weighted by atomic mass is 9.78. The zero-order chi connectivity index (χ0) is 13.1. The van der Waals surface area contributed by atoms with Crippen molar-refractivity contribution < 1.29 is 14.9 Å². The number of ether oxygens (including phenoxy) is 1. The summed E-state index contributed by atoms with van der Waals surface area (Å²) in [6.45, 7) is 0. The lowest BCUT2D eigenvalue weighted by molar-refractivity contribution is -0.365. The predicted octanol–water partition coefficient (Wildman–Crippen LogP) is 1.81. The molecule has 0 radical (unpaired) electrons. The predicted molar refractivity (Wildman–Crippen MR) is 69.2 cm³/mol. The van der Waals surface area contributed by atoms with Crippen LogP contribution in [0.4, 0.5) is 0 Å². The van der Waals surface area contributed by atoms with Gasteiger partial charge in [0.25, 0.3) is 0 Å². The summed E-state index contributed by atoms with van der Waals surface area (Å²) >= 11 is 0. The van der Waals surface area contributed by atoms with Crippen LogP contribution >= 0.6 is 0 Å². The molecule has 0 amide bonds. The summed E-state index contributed by atoms with van der Waals surface area (Å²) in [5.74, 6) is -2.87. The minimum Gasteiger partial charge on any atom is -0.361 e. The van der Waals surface area contributed by atoms with Crippen LogP contribution in [-0.4, -0.2) is 10.2 Å². The minimum atomic E-state index is -1.43. The van der Waals surface area contributed by atoms with Gasteiger partial charge in [0.05, 0.1) is 0 Å². The van der Waals surface area contributed by atoms with Crippen LogP contribution in [0.2, 0.25) is 0 Å². The van der Waals surface area contributed by atoms with Crippen molar-refractivity contribution >= 4 is 0 Å². The molecule has 0 spiro atoms. The highest BCUT2D eigenvalue weighted by Gasteiger charge is 2.52. The first-order valence-corrected chi connectivity index (χ1v) is 6.42. The summed E-state index contributed by atoms with van der Waals surface area (Å²) in [4.78, 5) is 0. The second kappa shape index (κ2) is 3.45. The van der Waals surface area contributed by atoms with Gasteiger partial charge in [-0.2, -0.15) is 0 Å². The summed E-state index contributed by atoms with van der Waals surface area (Å²) in [5, 5.41) is 21.6. The molecule has 2 aromatic carbocycles. The summed E-state index contributed by atoms with van der Waals surface area (Å²) < 4.78 is 5.66. The fourth-order valence-electron chi connectivity index (χ4n) is 3.28. The van der Waals surface area contributed by atoms with Crippen molar-refractivity contribution in [3.63, 3.8) is 0 Å². The van der Waals surface area contributed by atoms with Gasteiger partial charge in [0.1, 0.15) is 0 Å². The van der Waals surface area contributed by atoms with Gasteiger partial charge in [-0.25, -0.2) is 0 Å². The van der Waals surface area contributed by atoms with E-state index in [-0.39, 0.29) is 0 Å². The smallest absolute Gasteiger partial charge is 0.200 e. The van der Waals surface area contributed by atoms with E-state index >= 15 is 0 Å². The number of hydrogen-bond acceptors (Lipinski definition) is 3. The molecule has 3 heteroatoms. The molecule has 19 heavy (non-hydrogen) atoms. The molecule has 2 aliphatic rings. The number of fused-ring (bicyclic) bond motifs is 6. The van der Waals surface area contributed by atoms with Gasteiger partial charge in [0.15, 0.2) is 11.6 Å². The second-order valence-corrected chi connectivity index (χ2v) is 5.34. The maximum atomic E-state index is 10.8. The molecule has 0 aliphatic carbocycles. The van der Waals surface area contributed by atoms with E-state index in [1.54, 1.807) is 0 Å². The molecule has 0 fully saturated rings. The van der Waals surface area contributed by atoms with Crippen molar-refractivity contribution in [3.8, 4) is 0 Å². The molecule has 2 aliphatic heterocycles. The highest BCUT2D eigenvalue weighted by Crippen LogP contribution is 2.49. The van der Waals surface area contributed by atoms with E-state index in [0.717, 1.165) is 22.3 Å². The zero-order valence-corrected chi connectivity index (χ0v) is 10.3. The van der Waals surface area contributed by atoms with Crippen LogP contribution in [0.1, 0.15) is 22.3 Å². The van der Waals surface area contributed by atoms with Gasteiger partial charge in [-0.1, -0.05) is 48.5 Å². The highest BCUT2D eigenvalue weighted by atomic mass is 16.7. The maximum Gasteiger partial charge on any atom is 0.200 e. The molecule has 4 rings (SSSR count). The average molecular weight is 254 g/mol. The molecule has 2 bridgehead atoms. The lowest BCUT2D eigenvalue weighted by Gasteiger charge is -2.48. The number of benzene rings is 2. The first-order chi connectivity index (χ1) is 9.11. The van der Waals surface area contributed by atoms with Gasteiger partial charge < -0.3 is 14.9 Å². The minimum absolute atomic E-state index is 0.364. The van der Waals surface area contributed by atoms with E-state index in [1.165, 1.54) is 0 Å². The quantitative estimate of drug-likeness (QED) is 0.753. The Hall–Kier alpha value is -1.68. The first kappa shape index (κ1) is 11.2. The fraction of sp³-hybridized carbons (Fsp3) is 0.250. The fourth-order valence-corrected chi connectivity index (χ4v) is 3.28. The molecule has 3 nitrogen and oxygen atoms in total. The maximum absolute atomic E-state index is 10.8. The summed E-state index contributed by atoms with van der Waals surface area (Å²) in [6.07, 6.45) is 0.727. The summed E-state index contributed by atoms with van der Waals surface area (Å²) in [7, 11) is 0. The molecule has 2 N–H and O–H groups in total.